The third kappa shape index (κ3) is 4.77. The Labute approximate surface area is 144 Å². The van der Waals surface area contributed by atoms with Crippen molar-refractivity contribution in [2.45, 2.75) is 56.6 Å². The molecule has 132 valence electrons. The van der Waals surface area contributed by atoms with Crippen LogP contribution in [0.1, 0.15) is 44.9 Å². The molecule has 0 spiro atoms. The van der Waals surface area contributed by atoms with Crippen molar-refractivity contribution in [3.63, 3.8) is 0 Å². The van der Waals surface area contributed by atoms with E-state index in [0.29, 0.717) is 12.1 Å². The number of guanidine groups is 1. The normalized spacial score (nSPS) is 29.6. The first-order valence-corrected chi connectivity index (χ1v) is 10.4. The van der Waals surface area contributed by atoms with E-state index in [4.69, 9.17) is 15.5 Å². The SMILES string of the molecule is NC(=NCC1(N2CCSCC2)CCCCC1)NCC1CCCO1. The van der Waals surface area contributed by atoms with Gasteiger partial charge in [-0.15, -0.1) is 0 Å². The Hall–Kier alpha value is -0.460. The average Bonchev–Trinajstić information content (AvgIpc) is 3.13. The molecular formula is C17H32N4OS. The highest BCUT2D eigenvalue weighted by Crippen LogP contribution is 2.35. The van der Waals surface area contributed by atoms with E-state index in [1.165, 1.54) is 63.1 Å². The predicted octanol–water partition coefficient (Wildman–Crippen LogP) is 1.82. The smallest absolute Gasteiger partial charge is 0.188 e. The summed E-state index contributed by atoms with van der Waals surface area (Å²) >= 11 is 2.08. The highest BCUT2D eigenvalue weighted by molar-refractivity contribution is 7.99. The maximum atomic E-state index is 6.12. The fraction of sp³-hybridized carbons (Fsp3) is 0.941. The van der Waals surface area contributed by atoms with Crippen LogP contribution in [-0.2, 0) is 4.74 Å². The van der Waals surface area contributed by atoms with Crippen LogP contribution in [0.25, 0.3) is 0 Å². The monoisotopic (exact) mass is 340 g/mol. The number of nitrogens with two attached hydrogens (primary N) is 1. The van der Waals surface area contributed by atoms with E-state index >= 15 is 0 Å². The number of nitrogens with one attached hydrogen (secondary N) is 1. The molecule has 2 aliphatic heterocycles. The minimum atomic E-state index is 0.259. The van der Waals surface area contributed by atoms with Crippen molar-refractivity contribution in [1.29, 1.82) is 0 Å². The summed E-state index contributed by atoms with van der Waals surface area (Å²) in [6, 6.07) is 0. The van der Waals surface area contributed by atoms with Crippen molar-refractivity contribution < 1.29 is 4.74 Å². The maximum absolute atomic E-state index is 6.12. The Bertz CT molecular complexity index is 386. The van der Waals surface area contributed by atoms with Crippen LogP contribution >= 0.6 is 11.8 Å². The van der Waals surface area contributed by atoms with E-state index in [9.17, 15) is 0 Å². The van der Waals surface area contributed by atoms with Crippen LogP contribution in [-0.4, -0.2) is 66.8 Å². The second kappa shape index (κ2) is 8.58. The van der Waals surface area contributed by atoms with Crippen molar-refractivity contribution in [3.05, 3.63) is 0 Å². The molecule has 3 aliphatic rings. The van der Waals surface area contributed by atoms with Gasteiger partial charge in [-0.1, -0.05) is 19.3 Å². The standard InChI is InChI=1S/C17H32N4OS/c18-16(19-13-15-5-4-10-22-15)20-14-17(6-2-1-3-7-17)21-8-11-23-12-9-21/h15H,1-14H2,(H3,18,19,20). The van der Waals surface area contributed by atoms with Crippen LogP contribution in [0, 0.1) is 0 Å². The second-order valence-corrected chi connectivity index (χ2v) is 8.33. The van der Waals surface area contributed by atoms with Crippen LogP contribution < -0.4 is 11.1 Å². The minimum Gasteiger partial charge on any atom is -0.376 e. The van der Waals surface area contributed by atoms with Crippen LogP contribution in [0.15, 0.2) is 4.99 Å². The van der Waals surface area contributed by atoms with Gasteiger partial charge in [0.25, 0.3) is 0 Å². The quantitative estimate of drug-likeness (QED) is 0.590. The van der Waals surface area contributed by atoms with Gasteiger partial charge >= 0.3 is 0 Å². The van der Waals surface area contributed by atoms with Crippen molar-refractivity contribution in [2.24, 2.45) is 10.7 Å². The molecule has 2 heterocycles. The molecule has 1 saturated carbocycles. The zero-order chi connectivity index (χ0) is 16.0. The Morgan fingerprint density at radius 3 is 2.70 bits per heavy atom. The van der Waals surface area contributed by atoms with Gasteiger partial charge < -0.3 is 15.8 Å². The molecule has 5 nitrogen and oxygen atoms in total. The van der Waals surface area contributed by atoms with E-state index in [2.05, 4.69) is 22.0 Å². The van der Waals surface area contributed by atoms with Crippen molar-refractivity contribution in [2.75, 3.05) is 44.3 Å². The molecule has 3 N–H and O–H groups in total. The summed E-state index contributed by atoms with van der Waals surface area (Å²) < 4.78 is 5.63. The second-order valence-electron chi connectivity index (χ2n) is 7.10. The number of ether oxygens (including phenoxy) is 1. The molecule has 0 aromatic carbocycles. The summed E-state index contributed by atoms with van der Waals surface area (Å²) in [7, 11) is 0. The van der Waals surface area contributed by atoms with Crippen LogP contribution in [0.5, 0.6) is 0 Å². The first-order chi connectivity index (χ1) is 11.3. The fourth-order valence-corrected chi connectivity index (χ4v) is 5.04. The van der Waals surface area contributed by atoms with Gasteiger partial charge in [-0.05, 0) is 25.7 Å². The molecule has 0 amide bonds. The van der Waals surface area contributed by atoms with Gasteiger partial charge in [-0.25, -0.2) is 0 Å². The molecular weight excluding hydrogens is 308 g/mol. The number of nitrogens with zero attached hydrogens (tertiary/aromatic N) is 2. The molecule has 23 heavy (non-hydrogen) atoms. The molecule has 1 unspecified atom stereocenters. The lowest BCUT2D eigenvalue weighted by molar-refractivity contribution is 0.0672. The molecule has 0 radical (unpaired) electrons. The van der Waals surface area contributed by atoms with E-state index in [0.717, 1.165) is 26.1 Å². The van der Waals surface area contributed by atoms with Crippen LogP contribution in [0.4, 0.5) is 0 Å². The first-order valence-electron chi connectivity index (χ1n) is 9.27. The molecule has 2 saturated heterocycles. The number of aliphatic imine (C=N–C) groups is 1. The van der Waals surface area contributed by atoms with Crippen molar-refractivity contribution in [3.8, 4) is 0 Å². The molecule has 0 bridgehead atoms. The Kier molecular flexibility index (Phi) is 6.48. The number of hydrogen-bond donors (Lipinski definition) is 2. The van der Waals surface area contributed by atoms with Gasteiger partial charge in [0, 0.05) is 43.3 Å². The highest BCUT2D eigenvalue weighted by atomic mass is 32.2. The zero-order valence-electron chi connectivity index (χ0n) is 14.3. The predicted molar refractivity (Wildman–Crippen MR) is 98.2 cm³/mol. The van der Waals surface area contributed by atoms with E-state index in [1.54, 1.807) is 0 Å². The highest BCUT2D eigenvalue weighted by Gasteiger charge is 2.38. The molecule has 0 aromatic rings. The van der Waals surface area contributed by atoms with Crippen LogP contribution in [0.3, 0.4) is 0 Å². The van der Waals surface area contributed by atoms with Gasteiger partial charge in [0.05, 0.1) is 12.6 Å². The lowest BCUT2D eigenvalue weighted by Gasteiger charge is -2.47. The molecule has 6 heteroatoms. The van der Waals surface area contributed by atoms with E-state index in [-0.39, 0.29) is 5.54 Å². The summed E-state index contributed by atoms with van der Waals surface area (Å²) in [6.45, 7) is 4.96. The van der Waals surface area contributed by atoms with Gasteiger partial charge in [-0.3, -0.25) is 9.89 Å². The third-order valence-electron chi connectivity index (χ3n) is 5.54. The topological polar surface area (TPSA) is 62.9 Å². The van der Waals surface area contributed by atoms with Gasteiger partial charge in [-0.2, -0.15) is 11.8 Å². The zero-order valence-corrected chi connectivity index (χ0v) is 15.1. The summed E-state index contributed by atoms with van der Waals surface area (Å²) in [5.74, 6) is 3.12. The Morgan fingerprint density at radius 2 is 2.00 bits per heavy atom. The molecule has 3 rings (SSSR count). The van der Waals surface area contributed by atoms with E-state index in [1.807, 2.05) is 0 Å². The molecule has 1 aliphatic carbocycles. The Balaban J connectivity index is 1.55. The Morgan fingerprint density at radius 1 is 1.22 bits per heavy atom. The summed E-state index contributed by atoms with van der Waals surface area (Å²) in [4.78, 5) is 7.44. The number of thioether (sulfide) groups is 1. The third-order valence-corrected chi connectivity index (χ3v) is 6.49. The molecule has 3 fully saturated rings. The summed E-state index contributed by atoms with van der Waals surface area (Å²) in [6.07, 6.45) is 9.22. The summed E-state index contributed by atoms with van der Waals surface area (Å²) in [5.41, 5.74) is 6.38. The van der Waals surface area contributed by atoms with Crippen molar-refractivity contribution >= 4 is 17.7 Å². The minimum absolute atomic E-state index is 0.259. The van der Waals surface area contributed by atoms with Gasteiger partial charge in [0.15, 0.2) is 5.96 Å². The van der Waals surface area contributed by atoms with Gasteiger partial charge in [0.1, 0.15) is 0 Å². The number of hydrogen-bond acceptors (Lipinski definition) is 4. The molecule has 1 atom stereocenters. The first kappa shape index (κ1) is 17.4. The maximum Gasteiger partial charge on any atom is 0.188 e. The fourth-order valence-electron chi connectivity index (χ4n) is 4.13. The molecule has 0 aromatic heterocycles. The lowest BCUT2D eigenvalue weighted by Crippen LogP contribution is -2.55. The largest absolute Gasteiger partial charge is 0.376 e. The van der Waals surface area contributed by atoms with Crippen molar-refractivity contribution in [1.82, 2.24) is 10.2 Å². The lowest BCUT2D eigenvalue weighted by atomic mass is 9.80. The van der Waals surface area contributed by atoms with E-state index < -0.39 is 0 Å². The summed E-state index contributed by atoms with van der Waals surface area (Å²) in [5, 5.41) is 3.26. The number of rotatable bonds is 5. The average molecular weight is 341 g/mol. The van der Waals surface area contributed by atoms with Gasteiger partial charge in [0.2, 0.25) is 0 Å². The van der Waals surface area contributed by atoms with Crippen LogP contribution in [0.2, 0.25) is 0 Å².